The highest BCUT2D eigenvalue weighted by molar-refractivity contribution is 5.98. The summed E-state index contributed by atoms with van der Waals surface area (Å²) < 4.78 is 11.4. The van der Waals surface area contributed by atoms with Crippen molar-refractivity contribution in [1.29, 1.82) is 0 Å². The second kappa shape index (κ2) is 8.48. The lowest BCUT2D eigenvalue weighted by atomic mass is 10.1. The van der Waals surface area contributed by atoms with Crippen molar-refractivity contribution >= 4 is 16.9 Å². The molecule has 2 aromatic carbocycles. The number of ether oxygens (including phenoxy) is 1. The van der Waals surface area contributed by atoms with Crippen molar-refractivity contribution in [2.24, 2.45) is 0 Å². The van der Waals surface area contributed by atoms with Gasteiger partial charge in [0.1, 0.15) is 0 Å². The van der Waals surface area contributed by atoms with Gasteiger partial charge in [0.15, 0.2) is 17.1 Å². The molecular formula is C23H26N2O3. The van der Waals surface area contributed by atoms with E-state index in [1.54, 1.807) is 7.11 Å². The van der Waals surface area contributed by atoms with Crippen LogP contribution in [0, 0.1) is 0 Å². The fourth-order valence-corrected chi connectivity index (χ4v) is 3.76. The summed E-state index contributed by atoms with van der Waals surface area (Å²) in [6.45, 7) is 3.08. The maximum Gasteiger partial charge on any atom is 0.289 e. The predicted molar refractivity (Wildman–Crippen MR) is 110 cm³/mol. The third kappa shape index (κ3) is 3.90. The van der Waals surface area contributed by atoms with Gasteiger partial charge in [0, 0.05) is 31.6 Å². The lowest BCUT2D eigenvalue weighted by Gasteiger charge is -2.25. The molecule has 0 bridgehead atoms. The first kappa shape index (κ1) is 18.6. The van der Waals surface area contributed by atoms with E-state index in [0.29, 0.717) is 23.6 Å². The van der Waals surface area contributed by atoms with E-state index in [4.69, 9.17) is 9.15 Å². The first-order valence-corrected chi connectivity index (χ1v) is 9.89. The number of amides is 1. The summed E-state index contributed by atoms with van der Waals surface area (Å²) in [5.74, 6) is 1.02. The number of nitrogens with one attached hydrogen (secondary N) is 1. The fraction of sp³-hybridized carbons (Fsp3) is 0.348. The van der Waals surface area contributed by atoms with Crippen LogP contribution in [0.25, 0.3) is 11.0 Å². The molecule has 28 heavy (non-hydrogen) atoms. The van der Waals surface area contributed by atoms with Crippen molar-refractivity contribution in [3.05, 3.63) is 65.4 Å². The highest BCUT2D eigenvalue weighted by atomic mass is 16.5. The number of piperidine rings is 1. The molecule has 3 aromatic rings. The number of likely N-dealkylation sites (tertiary alicyclic amines) is 1. The number of fused-ring (bicyclic) bond motifs is 1. The van der Waals surface area contributed by atoms with Crippen molar-refractivity contribution in [3.8, 4) is 5.75 Å². The maximum absolute atomic E-state index is 12.9. The van der Waals surface area contributed by atoms with Gasteiger partial charge in [0.25, 0.3) is 5.91 Å². The number of carbonyl (C=O) groups excluding carboxylic acids is 1. The number of nitrogens with zero attached hydrogens (tertiary/aromatic N) is 1. The third-order valence-corrected chi connectivity index (χ3v) is 5.30. The van der Waals surface area contributed by atoms with Crippen LogP contribution in [-0.4, -0.2) is 31.0 Å². The molecule has 1 aliphatic rings. The lowest BCUT2D eigenvalue weighted by molar-refractivity contribution is 0.0694. The Morgan fingerprint density at radius 2 is 1.86 bits per heavy atom. The van der Waals surface area contributed by atoms with Gasteiger partial charge in [-0.25, -0.2) is 0 Å². The monoisotopic (exact) mass is 378 g/mol. The maximum atomic E-state index is 12.9. The van der Waals surface area contributed by atoms with E-state index >= 15 is 0 Å². The predicted octanol–water partition coefficient (Wildman–Crippen LogP) is 4.36. The Bertz CT molecular complexity index is 943. The van der Waals surface area contributed by atoms with Crippen molar-refractivity contribution in [1.82, 2.24) is 10.2 Å². The number of hydrogen-bond donors (Lipinski definition) is 1. The van der Waals surface area contributed by atoms with E-state index in [1.165, 1.54) is 12.0 Å². The van der Waals surface area contributed by atoms with E-state index in [1.807, 2.05) is 41.3 Å². The average molecular weight is 378 g/mol. The zero-order chi connectivity index (χ0) is 19.3. The number of carbonyl (C=O) groups is 1. The minimum atomic E-state index is -0.0267. The highest BCUT2D eigenvalue weighted by Gasteiger charge is 2.23. The molecule has 1 amide bonds. The third-order valence-electron chi connectivity index (χ3n) is 5.30. The summed E-state index contributed by atoms with van der Waals surface area (Å²) in [5, 5.41) is 4.40. The fourth-order valence-electron chi connectivity index (χ4n) is 3.76. The number of rotatable bonds is 6. The summed E-state index contributed by atoms with van der Waals surface area (Å²) in [7, 11) is 1.62. The minimum absolute atomic E-state index is 0.0267. The van der Waals surface area contributed by atoms with Crippen LogP contribution in [0.3, 0.4) is 0 Å². The molecule has 2 heterocycles. The van der Waals surface area contributed by atoms with Gasteiger partial charge in [-0.2, -0.15) is 0 Å². The molecule has 1 aromatic heterocycles. The van der Waals surface area contributed by atoms with Crippen LogP contribution in [0.15, 0.2) is 52.9 Å². The van der Waals surface area contributed by atoms with Gasteiger partial charge in [0.05, 0.1) is 7.11 Å². The molecule has 0 aliphatic carbocycles. The van der Waals surface area contributed by atoms with Gasteiger partial charge in [-0.05, 0) is 42.5 Å². The van der Waals surface area contributed by atoms with Gasteiger partial charge in [-0.3, -0.25) is 4.79 Å². The first-order valence-electron chi connectivity index (χ1n) is 9.89. The van der Waals surface area contributed by atoms with E-state index in [2.05, 4.69) is 17.4 Å². The Balaban J connectivity index is 1.56. The van der Waals surface area contributed by atoms with Crippen LogP contribution < -0.4 is 10.1 Å². The molecule has 0 atom stereocenters. The molecule has 5 heteroatoms. The Morgan fingerprint density at radius 3 is 2.61 bits per heavy atom. The van der Waals surface area contributed by atoms with E-state index in [0.717, 1.165) is 43.4 Å². The average Bonchev–Trinajstić information content (AvgIpc) is 3.20. The van der Waals surface area contributed by atoms with Crippen molar-refractivity contribution in [3.63, 3.8) is 0 Å². The van der Waals surface area contributed by atoms with E-state index in [9.17, 15) is 4.79 Å². The quantitative estimate of drug-likeness (QED) is 0.693. The second-order valence-corrected chi connectivity index (χ2v) is 7.22. The molecule has 4 rings (SSSR count). The topological polar surface area (TPSA) is 54.7 Å². The molecule has 1 aliphatic heterocycles. The molecule has 0 radical (unpaired) electrons. The van der Waals surface area contributed by atoms with Gasteiger partial charge in [0.2, 0.25) is 0 Å². The van der Waals surface area contributed by atoms with Crippen LogP contribution >= 0.6 is 0 Å². The molecule has 146 valence electrons. The highest BCUT2D eigenvalue weighted by Crippen LogP contribution is 2.32. The Morgan fingerprint density at radius 1 is 1.07 bits per heavy atom. The zero-order valence-corrected chi connectivity index (χ0v) is 16.2. The summed E-state index contributed by atoms with van der Waals surface area (Å²) in [4.78, 5) is 14.7. The Kier molecular flexibility index (Phi) is 5.63. The molecule has 1 saturated heterocycles. The molecule has 0 spiro atoms. The summed E-state index contributed by atoms with van der Waals surface area (Å²) in [6, 6.07) is 16.1. The van der Waals surface area contributed by atoms with Crippen LogP contribution in [0.1, 0.15) is 40.9 Å². The molecule has 0 saturated carbocycles. The van der Waals surface area contributed by atoms with Gasteiger partial charge >= 0.3 is 0 Å². The molecule has 5 nitrogen and oxygen atoms in total. The molecule has 1 N–H and O–H groups in total. The molecule has 1 fully saturated rings. The number of methoxy groups -OCH3 is 1. The molecular weight excluding hydrogens is 352 g/mol. The van der Waals surface area contributed by atoms with Gasteiger partial charge < -0.3 is 19.4 Å². The normalized spacial score (nSPS) is 14.4. The van der Waals surface area contributed by atoms with Crippen LogP contribution in [-0.2, 0) is 13.1 Å². The zero-order valence-electron chi connectivity index (χ0n) is 16.2. The Hall–Kier alpha value is -2.79. The Labute approximate surface area is 165 Å². The van der Waals surface area contributed by atoms with Gasteiger partial charge in [-0.1, -0.05) is 36.4 Å². The van der Waals surface area contributed by atoms with E-state index in [-0.39, 0.29) is 5.91 Å². The first-order chi connectivity index (χ1) is 13.8. The van der Waals surface area contributed by atoms with Crippen LogP contribution in [0.4, 0.5) is 0 Å². The SMILES string of the molecule is COc1ccc(CNCc2ccccc2)c2cc(C(=O)N3CCCCC3)oc12. The van der Waals surface area contributed by atoms with Crippen LogP contribution in [0.5, 0.6) is 5.75 Å². The minimum Gasteiger partial charge on any atom is -0.493 e. The van der Waals surface area contributed by atoms with Crippen molar-refractivity contribution < 1.29 is 13.9 Å². The van der Waals surface area contributed by atoms with Crippen molar-refractivity contribution in [2.75, 3.05) is 20.2 Å². The second-order valence-electron chi connectivity index (χ2n) is 7.22. The largest absolute Gasteiger partial charge is 0.493 e. The van der Waals surface area contributed by atoms with Crippen molar-refractivity contribution in [2.45, 2.75) is 32.4 Å². The summed E-state index contributed by atoms with van der Waals surface area (Å²) >= 11 is 0. The lowest BCUT2D eigenvalue weighted by Crippen LogP contribution is -2.35. The van der Waals surface area contributed by atoms with Crippen LogP contribution in [0.2, 0.25) is 0 Å². The summed E-state index contributed by atoms with van der Waals surface area (Å²) in [5.41, 5.74) is 2.97. The standard InChI is InChI=1S/C23H26N2O3/c1-27-20-11-10-18(16-24-15-17-8-4-2-5-9-17)19-14-21(28-22(19)20)23(26)25-12-6-3-7-13-25/h2,4-5,8-11,14,24H,3,6-7,12-13,15-16H2,1H3. The van der Waals surface area contributed by atoms with Gasteiger partial charge in [-0.15, -0.1) is 0 Å². The molecule has 0 unspecified atom stereocenters. The summed E-state index contributed by atoms with van der Waals surface area (Å²) in [6.07, 6.45) is 3.31. The van der Waals surface area contributed by atoms with E-state index < -0.39 is 0 Å². The number of hydrogen-bond acceptors (Lipinski definition) is 4. The number of furan rings is 1. The number of benzene rings is 2. The smallest absolute Gasteiger partial charge is 0.289 e.